The Hall–Kier alpha value is -3.27. The second-order valence-electron chi connectivity index (χ2n) is 8.85. The zero-order chi connectivity index (χ0) is 26.0. The van der Waals surface area contributed by atoms with Crippen LogP contribution in [-0.2, 0) is 14.6 Å². The van der Waals surface area contributed by atoms with Crippen LogP contribution in [0.25, 0.3) is 11.3 Å². The Labute approximate surface area is 215 Å². The number of sulfone groups is 1. The highest BCUT2D eigenvalue weighted by Gasteiger charge is 2.26. The number of rotatable bonds is 5. The molecule has 2 heterocycles. The van der Waals surface area contributed by atoms with Gasteiger partial charge in [-0.15, -0.1) is 0 Å². The fourth-order valence-corrected chi connectivity index (χ4v) is 5.06. The van der Waals surface area contributed by atoms with E-state index in [4.69, 9.17) is 16.3 Å². The maximum absolute atomic E-state index is 12.9. The molecule has 8 nitrogen and oxygen atoms in total. The Morgan fingerprint density at radius 2 is 1.78 bits per heavy atom. The lowest BCUT2D eigenvalue weighted by atomic mass is 10.1. The lowest BCUT2D eigenvalue weighted by molar-refractivity contribution is -0.0586. The van der Waals surface area contributed by atoms with Crippen molar-refractivity contribution >= 4 is 38.9 Å². The van der Waals surface area contributed by atoms with Gasteiger partial charge in [0.1, 0.15) is 0 Å². The molecule has 1 aromatic heterocycles. The van der Waals surface area contributed by atoms with Crippen LogP contribution in [0.4, 0.5) is 5.69 Å². The quantitative estimate of drug-likeness (QED) is 0.530. The monoisotopic (exact) mass is 527 g/mol. The Bertz CT molecular complexity index is 1400. The van der Waals surface area contributed by atoms with Crippen molar-refractivity contribution in [3.05, 3.63) is 76.9 Å². The molecule has 1 aliphatic heterocycles. The number of hydrogen-bond donors (Lipinski definition) is 1. The molecule has 36 heavy (non-hydrogen) atoms. The van der Waals surface area contributed by atoms with Crippen molar-refractivity contribution in [3.8, 4) is 11.3 Å². The van der Waals surface area contributed by atoms with Crippen molar-refractivity contribution in [2.75, 3.05) is 24.7 Å². The zero-order valence-corrected chi connectivity index (χ0v) is 21.6. The molecule has 1 N–H and O–H groups in total. The summed E-state index contributed by atoms with van der Waals surface area (Å²) in [5, 5.41) is 2.81. The van der Waals surface area contributed by atoms with Crippen LogP contribution in [0, 0.1) is 0 Å². The molecule has 1 saturated heterocycles. The third-order valence-corrected chi connectivity index (χ3v) is 7.17. The molecule has 0 bridgehead atoms. The van der Waals surface area contributed by atoms with Crippen LogP contribution in [0.2, 0.25) is 5.02 Å². The molecule has 0 spiro atoms. The summed E-state index contributed by atoms with van der Waals surface area (Å²) in [5.41, 5.74) is 2.55. The Balaban J connectivity index is 1.48. The molecule has 1 fully saturated rings. The highest BCUT2D eigenvalue weighted by Crippen LogP contribution is 2.25. The summed E-state index contributed by atoms with van der Waals surface area (Å²) in [6.45, 7) is 4.96. The van der Waals surface area contributed by atoms with Gasteiger partial charge in [0.05, 0.1) is 38.9 Å². The number of pyridine rings is 1. The SMILES string of the molecule is C[C@@H]1CN(C(=O)c2ccc(-c3cccc(NC(=O)c4ccc(S(C)(=O)=O)cc4Cl)c3)nc2)C[C@H](C)O1. The molecule has 2 aromatic carbocycles. The number of nitrogens with zero attached hydrogens (tertiary/aromatic N) is 2. The van der Waals surface area contributed by atoms with Crippen molar-refractivity contribution in [2.45, 2.75) is 31.0 Å². The number of carbonyl (C=O) groups excluding carboxylic acids is 2. The average Bonchev–Trinajstić information content (AvgIpc) is 2.82. The number of nitrogens with one attached hydrogen (secondary N) is 1. The number of halogens is 1. The molecule has 10 heteroatoms. The summed E-state index contributed by atoms with van der Waals surface area (Å²) in [5.74, 6) is -0.559. The fraction of sp³-hybridized carbons (Fsp3) is 0.269. The van der Waals surface area contributed by atoms with E-state index < -0.39 is 15.7 Å². The minimum atomic E-state index is -3.44. The van der Waals surface area contributed by atoms with E-state index in [9.17, 15) is 18.0 Å². The first-order chi connectivity index (χ1) is 17.0. The van der Waals surface area contributed by atoms with Gasteiger partial charge in [-0.2, -0.15) is 0 Å². The second-order valence-corrected chi connectivity index (χ2v) is 11.3. The highest BCUT2D eigenvalue weighted by molar-refractivity contribution is 7.90. The predicted octanol–water partition coefficient (Wildman–Crippen LogP) is 4.31. The number of hydrogen-bond acceptors (Lipinski definition) is 6. The molecule has 2 atom stereocenters. The van der Waals surface area contributed by atoms with Gasteiger partial charge in [-0.3, -0.25) is 14.6 Å². The number of aromatic nitrogens is 1. The van der Waals surface area contributed by atoms with Crippen molar-refractivity contribution in [2.24, 2.45) is 0 Å². The number of anilines is 1. The predicted molar refractivity (Wildman–Crippen MR) is 138 cm³/mol. The van der Waals surface area contributed by atoms with Gasteiger partial charge in [0.15, 0.2) is 9.84 Å². The van der Waals surface area contributed by atoms with Crippen LogP contribution in [0.1, 0.15) is 34.6 Å². The summed E-state index contributed by atoms with van der Waals surface area (Å²) >= 11 is 6.16. The number of morpholine rings is 1. The number of carbonyl (C=O) groups is 2. The standard InChI is InChI=1S/C26H26ClN3O5S/c1-16-14-30(15-17(2)35-16)26(32)19-7-10-24(28-13-19)18-5-4-6-20(11-18)29-25(31)22-9-8-21(12-23(22)27)36(3,33)34/h4-13,16-17H,14-15H2,1-3H3,(H,29,31)/t16-,17+. The van der Waals surface area contributed by atoms with Crippen LogP contribution in [0.3, 0.4) is 0 Å². The van der Waals surface area contributed by atoms with Gasteiger partial charge in [0, 0.05) is 36.8 Å². The lowest BCUT2D eigenvalue weighted by Crippen LogP contribution is -2.48. The van der Waals surface area contributed by atoms with Gasteiger partial charge in [-0.1, -0.05) is 23.7 Å². The van der Waals surface area contributed by atoms with Crippen molar-refractivity contribution in [1.82, 2.24) is 9.88 Å². The molecule has 0 saturated carbocycles. The molecule has 1 aliphatic rings. The van der Waals surface area contributed by atoms with Crippen LogP contribution in [0.15, 0.2) is 65.7 Å². The van der Waals surface area contributed by atoms with E-state index >= 15 is 0 Å². The van der Waals surface area contributed by atoms with Crippen LogP contribution in [-0.4, -0.2) is 61.7 Å². The molecule has 188 valence electrons. The Morgan fingerprint density at radius 1 is 1.06 bits per heavy atom. The van der Waals surface area contributed by atoms with Crippen molar-refractivity contribution < 1.29 is 22.7 Å². The van der Waals surface area contributed by atoms with E-state index in [-0.39, 0.29) is 33.6 Å². The number of ether oxygens (including phenoxy) is 1. The van der Waals surface area contributed by atoms with Gasteiger partial charge in [-0.05, 0) is 56.3 Å². The molecular weight excluding hydrogens is 502 g/mol. The Morgan fingerprint density at radius 3 is 2.39 bits per heavy atom. The molecule has 4 rings (SSSR count). The van der Waals surface area contributed by atoms with E-state index in [0.717, 1.165) is 11.8 Å². The lowest BCUT2D eigenvalue weighted by Gasteiger charge is -2.35. The fourth-order valence-electron chi connectivity index (χ4n) is 4.08. The first-order valence-corrected chi connectivity index (χ1v) is 13.6. The van der Waals surface area contributed by atoms with Gasteiger partial charge >= 0.3 is 0 Å². The Kier molecular flexibility index (Phi) is 7.44. The summed E-state index contributed by atoms with van der Waals surface area (Å²) in [4.78, 5) is 31.9. The maximum atomic E-state index is 12.9. The zero-order valence-electron chi connectivity index (χ0n) is 20.1. The minimum absolute atomic E-state index is 0.0182. The first-order valence-electron chi connectivity index (χ1n) is 11.3. The molecule has 0 aliphatic carbocycles. The minimum Gasteiger partial charge on any atom is -0.372 e. The topological polar surface area (TPSA) is 106 Å². The molecular formula is C26H26ClN3O5S. The molecule has 0 radical (unpaired) electrons. The van der Waals surface area contributed by atoms with E-state index in [1.165, 1.54) is 18.2 Å². The molecule has 0 unspecified atom stereocenters. The number of benzene rings is 2. The summed E-state index contributed by atoms with van der Waals surface area (Å²) in [6.07, 6.45) is 2.59. The average molecular weight is 528 g/mol. The highest BCUT2D eigenvalue weighted by atomic mass is 35.5. The van der Waals surface area contributed by atoms with E-state index in [1.807, 2.05) is 19.9 Å². The van der Waals surface area contributed by atoms with Gasteiger partial charge in [0.25, 0.3) is 11.8 Å². The van der Waals surface area contributed by atoms with Crippen LogP contribution in [0.5, 0.6) is 0 Å². The van der Waals surface area contributed by atoms with E-state index in [0.29, 0.717) is 30.0 Å². The van der Waals surface area contributed by atoms with Gasteiger partial charge in [-0.25, -0.2) is 8.42 Å². The van der Waals surface area contributed by atoms with Crippen molar-refractivity contribution in [3.63, 3.8) is 0 Å². The second kappa shape index (κ2) is 10.4. The van der Waals surface area contributed by atoms with Gasteiger partial charge < -0.3 is 15.0 Å². The van der Waals surface area contributed by atoms with E-state index in [1.54, 1.807) is 41.4 Å². The largest absolute Gasteiger partial charge is 0.372 e. The molecule has 2 amide bonds. The summed E-state index contributed by atoms with van der Waals surface area (Å²) < 4.78 is 29.1. The molecule has 3 aromatic rings. The third-order valence-electron chi connectivity index (χ3n) is 5.75. The number of amides is 2. The van der Waals surface area contributed by atoms with Gasteiger partial charge in [0.2, 0.25) is 0 Å². The third kappa shape index (κ3) is 5.92. The van der Waals surface area contributed by atoms with E-state index in [2.05, 4.69) is 10.3 Å². The van der Waals surface area contributed by atoms with Crippen molar-refractivity contribution in [1.29, 1.82) is 0 Å². The smallest absolute Gasteiger partial charge is 0.257 e. The first kappa shape index (κ1) is 25.8. The summed E-state index contributed by atoms with van der Waals surface area (Å²) in [6, 6.07) is 14.6. The normalized spacial score (nSPS) is 18.1. The van der Waals surface area contributed by atoms with Crippen LogP contribution < -0.4 is 5.32 Å². The summed E-state index contributed by atoms with van der Waals surface area (Å²) in [7, 11) is -3.44. The maximum Gasteiger partial charge on any atom is 0.257 e. The van der Waals surface area contributed by atoms with Crippen LogP contribution >= 0.6 is 11.6 Å².